The van der Waals surface area contributed by atoms with Crippen molar-refractivity contribution in [1.29, 1.82) is 0 Å². The van der Waals surface area contributed by atoms with E-state index in [9.17, 15) is 4.79 Å². The number of pyridine rings is 1. The summed E-state index contributed by atoms with van der Waals surface area (Å²) in [4.78, 5) is 15.3. The number of carbonyl (C=O) groups excluding carboxylic acids is 1. The normalized spacial score (nSPS) is 10.9. The number of hydrogen-bond donors (Lipinski definition) is 1. The molecular weight excluding hydrogens is 300 g/mol. The molecule has 1 aromatic rings. The fourth-order valence-corrected chi connectivity index (χ4v) is 1.40. The van der Waals surface area contributed by atoms with Crippen molar-refractivity contribution < 1.29 is 14.3 Å². The van der Waals surface area contributed by atoms with Gasteiger partial charge in [-0.25, -0.2) is 9.78 Å². The van der Waals surface area contributed by atoms with Crippen LogP contribution in [0.3, 0.4) is 0 Å². The van der Waals surface area contributed by atoms with E-state index in [1.165, 1.54) is 0 Å². The number of ether oxygens (including phenoxy) is 2. The van der Waals surface area contributed by atoms with E-state index in [-0.39, 0.29) is 0 Å². The number of rotatable bonds is 4. The molecule has 0 aliphatic heterocycles. The summed E-state index contributed by atoms with van der Waals surface area (Å²) in [5, 5.41) is 2.60. The van der Waals surface area contributed by atoms with Gasteiger partial charge < -0.3 is 14.8 Å². The van der Waals surface area contributed by atoms with Gasteiger partial charge in [-0.2, -0.15) is 0 Å². The Morgan fingerprint density at radius 2 is 2.22 bits per heavy atom. The summed E-state index contributed by atoms with van der Waals surface area (Å²) in [6.45, 7) is 6.14. The Kier molecular flexibility index (Phi) is 5.40. The van der Waals surface area contributed by atoms with Gasteiger partial charge in [0, 0.05) is 16.7 Å². The van der Waals surface area contributed by atoms with Crippen molar-refractivity contribution in [2.45, 2.75) is 26.4 Å². The molecule has 0 atom stereocenters. The molecule has 6 heteroatoms. The molecule has 1 amide bonds. The standard InChI is InChI=1S/C12H17BrN2O3/c1-12(2,3)18-11(16)15-6-7-17-10-8-9(13)4-5-14-10/h4-5,8H,6-7H2,1-3H3,(H,15,16). The first-order valence-electron chi connectivity index (χ1n) is 5.58. The summed E-state index contributed by atoms with van der Waals surface area (Å²) >= 11 is 3.32. The van der Waals surface area contributed by atoms with Crippen LogP contribution in [0.15, 0.2) is 22.8 Å². The van der Waals surface area contributed by atoms with E-state index in [1.807, 2.05) is 26.8 Å². The van der Waals surface area contributed by atoms with Gasteiger partial charge in [-0.1, -0.05) is 15.9 Å². The number of nitrogens with zero attached hydrogens (tertiary/aromatic N) is 1. The fourth-order valence-electron chi connectivity index (χ4n) is 1.09. The second kappa shape index (κ2) is 6.58. The molecule has 0 spiro atoms. The average molecular weight is 317 g/mol. The molecule has 0 aliphatic carbocycles. The molecule has 0 unspecified atom stereocenters. The third kappa shape index (κ3) is 6.44. The molecule has 1 heterocycles. The minimum Gasteiger partial charge on any atom is -0.476 e. The topological polar surface area (TPSA) is 60.5 Å². The number of halogens is 1. The molecule has 0 aromatic carbocycles. The first-order chi connectivity index (χ1) is 8.37. The highest BCUT2D eigenvalue weighted by molar-refractivity contribution is 9.10. The zero-order valence-corrected chi connectivity index (χ0v) is 12.3. The first kappa shape index (κ1) is 14.8. The highest BCUT2D eigenvalue weighted by Crippen LogP contribution is 2.14. The first-order valence-corrected chi connectivity index (χ1v) is 6.37. The monoisotopic (exact) mass is 316 g/mol. The van der Waals surface area contributed by atoms with Crippen LogP contribution in [0.4, 0.5) is 4.79 Å². The van der Waals surface area contributed by atoms with E-state index in [0.29, 0.717) is 19.0 Å². The summed E-state index contributed by atoms with van der Waals surface area (Å²) < 4.78 is 11.3. The van der Waals surface area contributed by atoms with Gasteiger partial charge in [-0.05, 0) is 26.8 Å². The van der Waals surface area contributed by atoms with Crippen LogP contribution in [0.1, 0.15) is 20.8 Å². The van der Waals surface area contributed by atoms with Crippen molar-refractivity contribution in [2.75, 3.05) is 13.2 Å². The van der Waals surface area contributed by atoms with Gasteiger partial charge in [-0.15, -0.1) is 0 Å². The lowest BCUT2D eigenvalue weighted by molar-refractivity contribution is 0.0520. The lowest BCUT2D eigenvalue weighted by atomic mass is 10.2. The SMILES string of the molecule is CC(C)(C)OC(=O)NCCOc1cc(Br)ccn1. The maximum atomic E-state index is 11.3. The molecule has 0 saturated heterocycles. The van der Waals surface area contributed by atoms with Gasteiger partial charge in [0.1, 0.15) is 12.2 Å². The molecule has 0 bridgehead atoms. The Morgan fingerprint density at radius 1 is 1.50 bits per heavy atom. The number of carbonyl (C=O) groups is 1. The van der Waals surface area contributed by atoms with Gasteiger partial charge in [0.25, 0.3) is 0 Å². The Hall–Kier alpha value is -1.30. The van der Waals surface area contributed by atoms with Gasteiger partial charge >= 0.3 is 6.09 Å². The lowest BCUT2D eigenvalue weighted by Gasteiger charge is -2.19. The van der Waals surface area contributed by atoms with E-state index in [2.05, 4.69) is 26.2 Å². The van der Waals surface area contributed by atoms with Gasteiger partial charge in [0.2, 0.25) is 5.88 Å². The molecule has 18 heavy (non-hydrogen) atoms. The van der Waals surface area contributed by atoms with Gasteiger partial charge in [0.15, 0.2) is 0 Å². The predicted octanol–water partition coefficient (Wildman–Crippen LogP) is 2.75. The fraction of sp³-hybridized carbons (Fsp3) is 0.500. The number of hydrogen-bond acceptors (Lipinski definition) is 4. The average Bonchev–Trinajstić information content (AvgIpc) is 2.22. The van der Waals surface area contributed by atoms with Crippen LogP contribution in [0.5, 0.6) is 5.88 Å². The van der Waals surface area contributed by atoms with Gasteiger partial charge in [-0.3, -0.25) is 0 Å². The minimum atomic E-state index is -0.489. The summed E-state index contributed by atoms with van der Waals surface area (Å²) in [6, 6.07) is 3.57. The van der Waals surface area contributed by atoms with Gasteiger partial charge in [0.05, 0.1) is 6.54 Å². The number of amides is 1. The van der Waals surface area contributed by atoms with Crippen molar-refractivity contribution in [2.24, 2.45) is 0 Å². The quantitative estimate of drug-likeness (QED) is 0.868. The second-order valence-corrected chi connectivity index (χ2v) is 5.51. The van der Waals surface area contributed by atoms with Crippen LogP contribution in [0, 0.1) is 0 Å². The lowest BCUT2D eigenvalue weighted by Crippen LogP contribution is -2.34. The smallest absolute Gasteiger partial charge is 0.407 e. The highest BCUT2D eigenvalue weighted by Gasteiger charge is 2.15. The molecule has 0 aliphatic rings. The van der Waals surface area contributed by atoms with Crippen LogP contribution < -0.4 is 10.1 Å². The Morgan fingerprint density at radius 3 is 2.83 bits per heavy atom. The maximum Gasteiger partial charge on any atom is 0.407 e. The van der Waals surface area contributed by atoms with E-state index in [4.69, 9.17) is 9.47 Å². The largest absolute Gasteiger partial charge is 0.476 e. The molecule has 1 aromatic heterocycles. The van der Waals surface area contributed by atoms with E-state index < -0.39 is 11.7 Å². The second-order valence-electron chi connectivity index (χ2n) is 4.59. The van der Waals surface area contributed by atoms with E-state index >= 15 is 0 Å². The minimum absolute atomic E-state index is 0.336. The maximum absolute atomic E-state index is 11.3. The van der Waals surface area contributed by atoms with Crippen molar-refractivity contribution in [1.82, 2.24) is 10.3 Å². The summed E-state index contributed by atoms with van der Waals surface area (Å²) in [5.74, 6) is 0.510. The summed E-state index contributed by atoms with van der Waals surface area (Å²) in [5.41, 5.74) is -0.489. The number of alkyl carbamates (subject to hydrolysis) is 1. The molecule has 5 nitrogen and oxygen atoms in total. The molecule has 0 saturated carbocycles. The number of nitrogens with one attached hydrogen (secondary N) is 1. The zero-order valence-electron chi connectivity index (χ0n) is 10.7. The van der Waals surface area contributed by atoms with Crippen molar-refractivity contribution in [3.8, 4) is 5.88 Å². The van der Waals surface area contributed by atoms with E-state index in [0.717, 1.165) is 4.47 Å². The number of aromatic nitrogens is 1. The van der Waals surface area contributed by atoms with E-state index in [1.54, 1.807) is 12.3 Å². The summed E-state index contributed by atoms with van der Waals surface area (Å²) in [6.07, 6.45) is 1.19. The molecule has 1 rings (SSSR count). The van der Waals surface area contributed by atoms with Crippen LogP contribution in [0.25, 0.3) is 0 Å². The highest BCUT2D eigenvalue weighted by atomic mass is 79.9. The third-order valence-corrected chi connectivity index (χ3v) is 2.21. The van der Waals surface area contributed by atoms with Crippen LogP contribution in [-0.2, 0) is 4.74 Å². The zero-order chi connectivity index (χ0) is 13.6. The van der Waals surface area contributed by atoms with Crippen molar-refractivity contribution in [3.05, 3.63) is 22.8 Å². The van der Waals surface area contributed by atoms with Crippen LogP contribution in [0.2, 0.25) is 0 Å². The predicted molar refractivity (Wildman–Crippen MR) is 71.7 cm³/mol. The van der Waals surface area contributed by atoms with Crippen LogP contribution in [-0.4, -0.2) is 29.8 Å². The molecule has 100 valence electrons. The van der Waals surface area contributed by atoms with Crippen molar-refractivity contribution in [3.63, 3.8) is 0 Å². The van der Waals surface area contributed by atoms with Crippen molar-refractivity contribution >= 4 is 22.0 Å². The molecule has 1 N–H and O–H groups in total. The molecular formula is C12H17BrN2O3. The Bertz CT molecular complexity index is 405. The molecule has 0 fully saturated rings. The van der Waals surface area contributed by atoms with Crippen LogP contribution >= 0.6 is 15.9 Å². The molecule has 0 radical (unpaired) electrons. The third-order valence-electron chi connectivity index (χ3n) is 1.72. The Balaban J connectivity index is 2.21. The summed E-state index contributed by atoms with van der Waals surface area (Å²) in [7, 11) is 0. The Labute approximate surface area is 115 Å².